The number of hydrogen-bond acceptors (Lipinski definition) is 3. The lowest BCUT2D eigenvalue weighted by Gasteiger charge is -2.30. The van der Waals surface area contributed by atoms with Gasteiger partial charge in [-0.1, -0.05) is 24.6 Å². The molecule has 20 heavy (non-hydrogen) atoms. The zero-order valence-electron chi connectivity index (χ0n) is 11.6. The second-order valence-electron chi connectivity index (χ2n) is 5.12. The normalized spacial score (nSPS) is 19.9. The summed E-state index contributed by atoms with van der Waals surface area (Å²) in [5, 5.41) is 3.42. The molecule has 0 aromatic heterocycles. The van der Waals surface area contributed by atoms with Gasteiger partial charge in [0, 0.05) is 36.1 Å². The topological polar surface area (TPSA) is 49.4 Å². The van der Waals surface area contributed by atoms with E-state index in [1.165, 1.54) is 0 Å². The molecule has 1 fully saturated rings. The Hall–Kier alpha value is -1.39. The number of anilines is 1. The molecule has 4 nitrogen and oxygen atoms in total. The van der Waals surface area contributed by atoms with Gasteiger partial charge in [0.05, 0.1) is 6.54 Å². The fourth-order valence-electron chi connectivity index (χ4n) is 2.45. The molecule has 0 aliphatic carbocycles. The van der Waals surface area contributed by atoms with Crippen molar-refractivity contribution in [1.82, 2.24) is 4.90 Å². The van der Waals surface area contributed by atoms with Gasteiger partial charge in [-0.25, -0.2) is 0 Å². The van der Waals surface area contributed by atoms with E-state index in [-0.39, 0.29) is 11.8 Å². The summed E-state index contributed by atoms with van der Waals surface area (Å²) in [5.41, 5.74) is 0.697. The molecule has 0 spiro atoms. The summed E-state index contributed by atoms with van der Waals surface area (Å²) in [6, 6.07) is 7.08. The molecule has 1 saturated heterocycles. The summed E-state index contributed by atoms with van der Waals surface area (Å²) in [7, 11) is 0. The average Bonchev–Trinajstić information content (AvgIpc) is 2.41. The number of ketones is 1. The lowest BCUT2D eigenvalue weighted by atomic mass is 9.94. The van der Waals surface area contributed by atoms with Crippen molar-refractivity contribution in [1.29, 1.82) is 0 Å². The maximum atomic E-state index is 12.0. The van der Waals surface area contributed by atoms with Gasteiger partial charge in [0.25, 0.3) is 0 Å². The van der Waals surface area contributed by atoms with Crippen LogP contribution >= 0.6 is 11.6 Å². The van der Waals surface area contributed by atoms with Crippen LogP contribution in [0.15, 0.2) is 24.3 Å². The summed E-state index contributed by atoms with van der Waals surface area (Å²) < 4.78 is 0. The highest BCUT2D eigenvalue weighted by atomic mass is 35.5. The predicted molar refractivity (Wildman–Crippen MR) is 79.9 cm³/mol. The Morgan fingerprint density at radius 1 is 1.50 bits per heavy atom. The Kier molecular flexibility index (Phi) is 5.15. The highest BCUT2D eigenvalue weighted by Gasteiger charge is 2.26. The van der Waals surface area contributed by atoms with Gasteiger partial charge in [-0.3, -0.25) is 14.5 Å². The molecule has 1 aliphatic rings. The molecule has 1 aromatic carbocycles. The maximum absolute atomic E-state index is 12.0. The smallest absolute Gasteiger partial charge is 0.238 e. The summed E-state index contributed by atoms with van der Waals surface area (Å²) in [6.07, 6.45) is 1.38. The highest BCUT2D eigenvalue weighted by molar-refractivity contribution is 6.30. The number of nitrogens with one attached hydrogen (secondary N) is 1. The summed E-state index contributed by atoms with van der Waals surface area (Å²) in [4.78, 5) is 25.7. The minimum absolute atomic E-state index is 0.0720. The van der Waals surface area contributed by atoms with Crippen LogP contribution in [0.4, 0.5) is 5.69 Å². The van der Waals surface area contributed by atoms with Gasteiger partial charge in [-0.05, 0) is 24.6 Å². The molecule has 1 unspecified atom stereocenters. The molecule has 108 valence electrons. The van der Waals surface area contributed by atoms with Gasteiger partial charge in [-0.2, -0.15) is 0 Å². The number of nitrogens with zero attached hydrogens (tertiary/aromatic N) is 1. The third-order valence-corrected chi connectivity index (χ3v) is 3.81. The molecule has 1 aliphatic heterocycles. The molecule has 0 radical (unpaired) electrons. The Labute approximate surface area is 124 Å². The number of amides is 1. The monoisotopic (exact) mass is 294 g/mol. The molecular formula is C15H19ClN2O2. The number of hydrogen-bond donors (Lipinski definition) is 1. The molecule has 5 heteroatoms. The van der Waals surface area contributed by atoms with Crippen molar-refractivity contribution in [3.05, 3.63) is 29.3 Å². The molecule has 1 aromatic rings. The minimum Gasteiger partial charge on any atom is -0.325 e. The number of carbonyl (C=O) groups excluding carboxylic acids is 2. The van der Waals surface area contributed by atoms with Gasteiger partial charge >= 0.3 is 0 Å². The largest absolute Gasteiger partial charge is 0.325 e. The van der Waals surface area contributed by atoms with E-state index in [4.69, 9.17) is 11.6 Å². The van der Waals surface area contributed by atoms with Crippen molar-refractivity contribution in [2.45, 2.75) is 19.8 Å². The zero-order chi connectivity index (χ0) is 14.5. The lowest BCUT2D eigenvalue weighted by Crippen LogP contribution is -2.44. The average molecular weight is 295 g/mol. The number of benzene rings is 1. The van der Waals surface area contributed by atoms with Crippen molar-refractivity contribution in [2.24, 2.45) is 5.92 Å². The van der Waals surface area contributed by atoms with E-state index in [9.17, 15) is 9.59 Å². The predicted octanol–water partition coefficient (Wildman–Crippen LogP) is 2.58. The van der Waals surface area contributed by atoms with Crippen LogP contribution in [0.3, 0.4) is 0 Å². The molecule has 1 atom stereocenters. The van der Waals surface area contributed by atoms with Crippen LogP contribution < -0.4 is 5.32 Å². The standard InChI is InChI=1S/C15H19ClN2O2/c1-2-11-9-18(7-6-14(11)19)10-15(20)17-13-5-3-4-12(16)8-13/h3-5,8,11H,2,6-7,9-10H2,1H3,(H,17,20). The van der Waals surface area contributed by atoms with Crippen LogP contribution in [0, 0.1) is 5.92 Å². The molecule has 2 rings (SSSR count). The molecule has 0 saturated carbocycles. The van der Waals surface area contributed by atoms with E-state index >= 15 is 0 Å². The summed E-state index contributed by atoms with van der Waals surface area (Å²) in [6.45, 7) is 3.67. The summed E-state index contributed by atoms with van der Waals surface area (Å²) in [5.74, 6) is 0.318. The first-order chi connectivity index (χ1) is 9.58. The third kappa shape index (κ3) is 4.05. The number of Topliss-reactive ketones (excluding diaryl/α,β-unsaturated/α-hetero) is 1. The first-order valence-corrected chi connectivity index (χ1v) is 7.26. The van der Waals surface area contributed by atoms with Crippen LogP contribution in [-0.2, 0) is 9.59 Å². The van der Waals surface area contributed by atoms with Gasteiger partial charge in [0.1, 0.15) is 5.78 Å². The van der Waals surface area contributed by atoms with Crippen molar-refractivity contribution in [2.75, 3.05) is 25.0 Å². The Bertz CT molecular complexity index is 504. The maximum Gasteiger partial charge on any atom is 0.238 e. The quantitative estimate of drug-likeness (QED) is 0.928. The lowest BCUT2D eigenvalue weighted by molar-refractivity contribution is -0.128. The van der Waals surface area contributed by atoms with Crippen LogP contribution in [-0.4, -0.2) is 36.2 Å². The Morgan fingerprint density at radius 2 is 2.30 bits per heavy atom. The Balaban J connectivity index is 1.87. The van der Waals surface area contributed by atoms with Crippen molar-refractivity contribution < 1.29 is 9.59 Å². The highest BCUT2D eigenvalue weighted by Crippen LogP contribution is 2.17. The van der Waals surface area contributed by atoms with E-state index in [0.29, 0.717) is 42.5 Å². The second-order valence-corrected chi connectivity index (χ2v) is 5.55. The van der Waals surface area contributed by atoms with Gasteiger partial charge < -0.3 is 5.32 Å². The number of likely N-dealkylation sites (tertiary alicyclic amines) is 1. The SMILES string of the molecule is CCC1CN(CC(=O)Nc2cccc(Cl)c2)CCC1=O. The molecule has 1 heterocycles. The van der Waals surface area contributed by atoms with Crippen molar-refractivity contribution in [3.63, 3.8) is 0 Å². The van der Waals surface area contributed by atoms with E-state index in [0.717, 1.165) is 6.42 Å². The fourth-order valence-corrected chi connectivity index (χ4v) is 2.64. The molecule has 0 bridgehead atoms. The zero-order valence-corrected chi connectivity index (χ0v) is 12.3. The minimum atomic E-state index is -0.0727. The van der Waals surface area contributed by atoms with E-state index in [1.54, 1.807) is 24.3 Å². The van der Waals surface area contributed by atoms with Crippen LogP contribution in [0.2, 0.25) is 5.02 Å². The van der Waals surface area contributed by atoms with Gasteiger partial charge in [0.15, 0.2) is 0 Å². The van der Waals surface area contributed by atoms with Crippen LogP contribution in [0.25, 0.3) is 0 Å². The number of rotatable bonds is 4. The second kappa shape index (κ2) is 6.86. The number of carbonyl (C=O) groups is 2. The third-order valence-electron chi connectivity index (χ3n) is 3.58. The Morgan fingerprint density at radius 3 is 3.00 bits per heavy atom. The number of piperidine rings is 1. The fraction of sp³-hybridized carbons (Fsp3) is 0.467. The van der Waals surface area contributed by atoms with Crippen LogP contribution in [0.1, 0.15) is 19.8 Å². The summed E-state index contributed by atoms with van der Waals surface area (Å²) >= 11 is 5.87. The first kappa shape index (κ1) is 15.0. The van der Waals surface area contributed by atoms with Crippen molar-refractivity contribution >= 4 is 29.0 Å². The molecular weight excluding hydrogens is 276 g/mol. The van der Waals surface area contributed by atoms with Gasteiger partial charge in [0.2, 0.25) is 5.91 Å². The molecule has 1 amide bonds. The number of halogens is 1. The van der Waals surface area contributed by atoms with E-state index in [1.807, 2.05) is 11.8 Å². The van der Waals surface area contributed by atoms with Crippen molar-refractivity contribution in [3.8, 4) is 0 Å². The first-order valence-electron chi connectivity index (χ1n) is 6.89. The van der Waals surface area contributed by atoms with Crippen LogP contribution in [0.5, 0.6) is 0 Å². The van der Waals surface area contributed by atoms with E-state index in [2.05, 4.69) is 5.32 Å². The van der Waals surface area contributed by atoms with E-state index < -0.39 is 0 Å². The molecule has 1 N–H and O–H groups in total. The van der Waals surface area contributed by atoms with Gasteiger partial charge in [-0.15, -0.1) is 0 Å².